The van der Waals surface area contributed by atoms with Crippen LogP contribution in [0.15, 0.2) is 91.4 Å². The van der Waals surface area contributed by atoms with Gasteiger partial charge in [-0.2, -0.15) is 10.4 Å². The summed E-state index contributed by atoms with van der Waals surface area (Å²) in [6.45, 7) is 3.32. The van der Waals surface area contributed by atoms with E-state index in [0.29, 0.717) is 57.6 Å². The zero-order valence-corrected chi connectivity index (χ0v) is 33.1. The van der Waals surface area contributed by atoms with Gasteiger partial charge in [0, 0.05) is 77.2 Å². The molecule has 1 aliphatic rings. The molecule has 14 heteroatoms. The molecule has 3 heterocycles. The van der Waals surface area contributed by atoms with E-state index in [1.54, 1.807) is 24.4 Å². The zero-order valence-electron chi connectivity index (χ0n) is 31.6. The first-order chi connectivity index (χ1) is 28.1. The van der Waals surface area contributed by atoms with Crippen LogP contribution in [0.4, 0.5) is 0 Å². The average molecular weight is 819 g/mol. The highest BCUT2D eigenvalue weighted by molar-refractivity contribution is 6.36. The molecule has 1 fully saturated rings. The number of fused-ring (bicyclic) bond motifs is 1. The summed E-state index contributed by atoms with van der Waals surface area (Å²) in [4.78, 5) is 27.2. The Labute approximate surface area is 345 Å². The number of carboxylic acids is 1. The van der Waals surface area contributed by atoms with Crippen LogP contribution in [0.2, 0.25) is 10.0 Å². The number of aliphatic hydroxyl groups is 1. The first-order valence-corrected chi connectivity index (χ1v) is 19.6. The Bertz CT molecular complexity index is 2520. The van der Waals surface area contributed by atoms with E-state index in [4.69, 9.17) is 33.0 Å². The molecule has 1 saturated heterocycles. The van der Waals surface area contributed by atoms with Crippen molar-refractivity contribution in [1.29, 1.82) is 5.26 Å². The number of carbonyl (C=O) groups excluding carboxylic acids is 1. The minimum absolute atomic E-state index is 0.0560. The standard InChI is InChI=1S/C44H41Cl2N7O5/c1-26-5-11-35(43(46)42(26)30-8-6-27(7-9-30)17-49-21-33-10-12-41(55)52-33)34-3-2-4-39-36(34)22-51-53(39)23-32-15-40(58-25-29-13-28(16-47)18-48-19-29)31(14-37(32)45)20-50-38(24-54)44(56)57/h2-9,11,13-15,18-19,22,33,38,49-50,54H,10,12,17,20-21,23-25H2,1H3,(H,52,55)(H,56,57)/t33-,38-/m0/s1. The van der Waals surface area contributed by atoms with Gasteiger partial charge in [0.2, 0.25) is 5.91 Å². The van der Waals surface area contributed by atoms with Crippen LogP contribution in [-0.2, 0) is 35.8 Å². The molecule has 0 radical (unpaired) electrons. The molecule has 4 aromatic carbocycles. The Morgan fingerprint density at radius 1 is 1.03 bits per heavy atom. The lowest BCUT2D eigenvalue weighted by molar-refractivity contribution is -0.140. The van der Waals surface area contributed by atoms with E-state index in [0.717, 1.165) is 57.2 Å². The van der Waals surface area contributed by atoms with Gasteiger partial charge in [-0.15, -0.1) is 0 Å². The Morgan fingerprint density at radius 3 is 2.60 bits per heavy atom. The maximum absolute atomic E-state index is 11.6. The van der Waals surface area contributed by atoms with E-state index in [2.05, 4.69) is 64.3 Å². The number of rotatable bonds is 16. The highest BCUT2D eigenvalue weighted by atomic mass is 35.5. The molecule has 0 saturated carbocycles. The molecule has 6 aromatic rings. The van der Waals surface area contributed by atoms with Crippen molar-refractivity contribution < 1.29 is 24.5 Å². The molecule has 1 aliphatic heterocycles. The fraction of sp³-hybridized carbons (Fsp3) is 0.250. The number of nitrogens with one attached hydrogen (secondary N) is 3. The van der Waals surface area contributed by atoms with E-state index in [1.807, 2.05) is 35.1 Å². The predicted molar refractivity (Wildman–Crippen MR) is 222 cm³/mol. The number of pyridine rings is 1. The lowest BCUT2D eigenvalue weighted by atomic mass is 9.93. The van der Waals surface area contributed by atoms with Gasteiger partial charge in [0.15, 0.2) is 0 Å². The number of nitrogens with zero attached hydrogens (tertiary/aromatic N) is 4. The lowest BCUT2D eigenvalue weighted by Crippen LogP contribution is -2.39. The van der Waals surface area contributed by atoms with E-state index in [1.165, 1.54) is 6.20 Å². The number of hydrogen-bond acceptors (Lipinski definition) is 9. The van der Waals surface area contributed by atoms with Gasteiger partial charge < -0.3 is 25.6 Å². The number of amides is 1. The van der Waals surface area contributed by atoms with Gasteiger partial charge >= 0.3 is 5.97 Å². The number of benzene rings is 4. The number of nitriles is 1. The Balaban J connectivity index is 1.14. The van der Waals surface area contributed by atoms with Gasteiger partial charge in [-0.25, -0.2) is 0 Å². The third-order valence-corrected chi connectivity index (χ3v) is 11.0. The topological polar surface area (TPSA) is 174 Å². The van der Waals surface area contributed by atoms with Gasteiger partial charge in [-0.3, -0.25) is 24.6 Å². The number of aliphatic hydroxyl groups excluding tert-OH is 1. The minimum Gasteiger partial charge on any atom is -0.489 e. The fourth-order valence-electron chi connectivity index (χ4n) is 7.15. The van der Waals surface area contributed by atoms with Crippen molar-refractivity contribution >= 4 is 46.0 Å². The zero-order chi connectivity index (χ0) is 40.8. The van der Waals surface area contributed by atoms with Crippen LogP contribution in [-0.4, -0.2) is 62.1 Å². The normalized spacial score (nSPS) is 14.3. The molecular formula is C44H41Cl2N7O5. The molecule has 12 nitrogen and oxygen atoms in total. The van der Waals surface area contributed by atoms with Crippen molar-refractivity contribution in [3.63, 3.8) is 0 Å². The predicted octanol–water partition coefficient (Wildman–Crippen LogP) is 6.78. The summed E-state index contributed by atoms with van der Waals surface area (Å²) in [7, 11) is 0. The van der Waals surface area contributed by atoms with E-state index < -0.39 is 18.6 Å². The summed E-state index contributed by atoms with van der Waals surface area (Å²) in [6, 6.07) is 24.7. The second-order valence-electron chi connectivity index (χ2n) is 14.3. The molecule has 0 aliphatic carbocycles. The maximum Gasteiger partial charge on any atom is 0.323 e. The quantitative estimate of drug-likeness (QED) is 0.0701. The van der Waals surface area contributed by atoms with Crippen molar-refractivity contribution in [2.24, 2.45) is 0 Å². The molecule has 0 bridgehead atoms. The summed E-state index contributed by atoms with van der Waals surface area (Å²) in [5, 5.41) is 44.4. The van der Waals surface area contributed by atoms with E-state index in [-0.39, 0.29) is 25.1 Å². The summed E-state index contributed by atoms with van der Waals surface area (Å²) < 4.78 is 8.08. The Morgan fingerprint density at radius 2 is 1.86 bits per heavy atom. The van der Waals surface area contributed by atoms with Crippen LogP contribution in [0.25, 0.3) is 33.2 Å². The number of halogens is 2. The molecule has 5 N–H and O–H groups in total. The summed E-state index contributed by atoms with van der Waals surface area (Å²) in [5.41, 5.74) is 9.17. The molecule has 0 unspecified atom stereocenters. The van der Waals surface area contributed by atoms with Crippen LogP contribution in [0.3, 0.4) is 0 Å². The monoisotopic (exact) mass is 817 g/mol. The number of aryl methyl sites for hydroxylation is 1. The Hall–Kier alpha value is -5.81. The SMILES string of the molecule is Cc1ccc(-c2cccc3c2cnn3Cc2cc(OCc3cncc(C#N)c3)c(CN[C@@H](CO)C(=O)O)cc2Cl)c(Cl)c1-c1ccc(CNC[C@@H]2CCC(=O)N2)cc1. The van der Waals surface area contributed by atoms with Gasteiger partial charge in [0.1, 0.15) is 24.5 Å². The van der Waals surface area contributed by atoms with Crippen LogP contribution in [0, 0.1) is 18.3 Å². The van der Waals surface area contributed by atoms with Crippen LogP contribution in [0.5, 0.6) is 5.75 Å². The summed E-state index contributed by atoms with van der Waals surface area (Å²) >= 11 is 14.1. The van der Waals surface area contributed by atoms with Crippen molar-refractivity contribution in [2.75, 3.05) is 13.2 Å². The minimum atomic E-state index is -1.19. The lowest BCUT2D eigenvalue weighted by Gasteiger charge is -2.18. The molecule has 0 spiro atoms. The molecule has 296 valence electrons. The second-order valence-corrected chi connectivity index (χ2v) is 15.1. The van der Waals surface area contributed by atoms with Crippen LogP contribution >= 0.6 is 23.2 Å². The third kappa shape index (κ3) is 9.15. The van der Waals surface area contributed by atoms with Gasteiger partial charge in [0.25, 0.3) is 0 Å². The summed E-state index contributed by atoms with van der Waals surface area (Å²) in [6.07, 6.45) is 6.34. The van der Waals surface area contributed by atoms with Crippen molar-refractivity contribution in [1.82, 2.24) is 30.7 Å². The molecule has 2 atom stereocenters. The number of aromatic nitrogens is 3. The third-order valence-electron chi connectivity index (χ3n) is 10.3. The van der Waals surface area contributed by atoms with Gasteiger partial charge in [-0.05, 0) is 65.4 Å². The Kier molecular flexibility index (Phi) is 12.7. The number of aliphatic carboxylic acids is 1. The molecule has 58 heavy (non-hydrogen) atoms. The number of carbonyl (C=O) groups is 2. The highest BCUT2D eigenvalue weighted by Gasteiger charge is 2.21. The number of carboxylic acid groups (broad SMARTS) is 1. The fourth-order valence-corrected chi connectivity index (χ4v) is 7.82. The summed E-state index contributed by atoms with van der Waals surface area (Å²) in [5.74, 6) is -0.633. The van der Waals surface area contributed by atoms with E-state index in [9.17, 15) is 25.1 Å². The van der Waals surface area contributed by atoms with Crippen LogP contribution < -0.4 is 20.7 Å². The first kappa shape index (κ1) is 40.4. The largest absolute Gasteiger partial charge is 0.489 e. The molecular weight excluding hydrogens is 777 g/mol. The van der Waals surface area contributed by atoms with Gasteiger partial charge in [-0.1, -0.05) is 71.7 Å². The average Bonchev–Trinajstić information content (AvgIpc) is 3.84. The van der Waals surface area contributed by atoms with Crippen LogP contribution in [0.1, 0.15) is 46.2 Å². The van der Waals surface area contributed by atoms with Crippen molar-refractivity contribution in [3.05, 3.63) is 135 Å². The molecule has 7 rings (SSSR count). The van der Waals surface area contributed by atoms with Crippen molar-refractivity contribution in [2.45, 2.75) is 58.1 Å². The highest BCUT2D eigenvalue weighted by Crippen LogP contribution is 2.41. The molecule has 1 amide bonds. The van der Waals surface area contributed by atoms with Crippen molar-refractivity contribution in [3.8, 4) is 34.1 Å². The smallest absolute Gasteiger partial charge is 0.323 e. The number of hydrogen-bond donors (Lipinski definition) is 5. The maximum atomic E-state index is 11.6. The first-order valence-electron chi connectivity index (χ1n) is 18.8. The number of ether oxygens (including phenoxy) is 1. The van der Waals surface area contributed by atoms with E-state index >= 15 is 0 Å². The van der Waals surface area contributed by atoms with Gasteiger partial charge in [0.05, 0.1) is 35.5 Å². The molecule has 2 aromatic heterocycles. The second kappa shape index (κ2) is 18.2.